The zero-order valence-electron chi connectivity index (χ0n) is 21.4. The first-order valence-electron chi connectivity index (χ1n) is 12.8. The fourth-order valence-electron chi connectivity index (χ4n) is 5.05. The molecular weight excluding hydrogens is 502 g/mol. The normalized spacial score (nSPS) is 23.0. The largest absolute Gasteiger partial charge is 0.336 e. The van der Waals surface area contributed by atoms with Gasteiger partial charge in [-0.15, -0.1) is 0 Å². The summed E-state index contributed by atoms with van der Waals surface area (Å²) in [5, 5.41) is 1.31. The lowest BCUT2D eigenvalue weighted by Crippen LogP contribution is -2.56. The highest BCUT2D eigenvalue weighted by Crippen LogP contribution is 2.22. The zero-order valence-corrected chi connectivity index (χ0v) is 22.3. The molecule has 5 rings (SSSR count). The lowest BCUT2D eigenvalue weighted by molar-refractivity contribution is -0.138. The van der Waals surface area contributed by atoms with Crippen LogP contribution in [0.2, 0.25) is 0 Å². The summed E-state index contributed by atoms with van der Waals surface area (Å²) in [5.74, 6) is -0.558. The van der Waals surface area contributed by atoms with Gasteiger partial charge < -0.3 is 9.80 Å². The molecule has 2 amide bonds. The van der Waals surface area contributed by atoms with Crippen molar-refractivity contribution in [2.75, 3.05) is 19.6 Å². The highest BCUT2D eigenvalue weighted by atomic mass is 32.2. The van der Waals surface area contributed by atoms with Gasteiger partial charge in [-0.2, -0.15) is 0 Å². The maximum absolute atomic E-state index is 13.3. The average molecular weight is 534 g/mol. The van der Waals surface area contributed by atoms with Crippen molar-refractivity contribution >= 4 is 27.9 Å². The molecule has 1 fully saturated rings. The second-order valence-electron chi connectivity index (χ2n) is 9.93. The molecule has 1 aromatic carbocycles. The highest BCUT2D eigenvalue weighted by molar-refractivity contribution is 7.89. The lowest BCUT2D eigenvalue weighted by Gasteiger charge is -2.41. The van der Waals surface area contributed by atoms with Crippen LogP contribution in [0.3, 0.4) is 0 Å². The number of nitrogens with one attached hydrogen (secondary N) is 1. The predicted octanol–water partition coefficient (Wildman–Crippen LogP) is 1.39. The summed E-state index contributed by atoms with van der Waals surface area (Å²) >= 11 is 0. The number of carbonyl (C=O) groups is 2. The van der Waals surface area contributed by atoms with E-state index in [2.05, 4.69) is 14.7 Å². The summed E-state index contributed by atoms with van der Waals surface area (Å²) in [6.45, 7) is 5.19. The van der Waals surface area contributed by atoms with E-state index in [1.54, 1.807) is 64.6 Å². The third-order valence-corrected chi connectivity index (χ3v) is 8.51. The van der Waals surface area contributed by atoms with Crippen LogP contribution >= 0.6 is 0 Å². The Labute approximate surface area is 222 Å². The number of piperazine rings is 1. The first-order valence-corrected chi connectivity index (χ1v) is 14.3. The minimum Gasteiger partial charge on any atom is -0.336 e. The molecule has 38 heavy (non-hydrogen) atoms. The minimum atomic E-state index is -3.85. The Bertz CT molecular complexity index is 1530. The molecule has 1 aliphatic carbocycles. The number of aromatic nitrogens is 1. The van der Waals surface area contributed by atoms with Crippen LogP contribution in [0.15, 0.2) is 76.4 Å². The fraction of sp³-hybridized carbons (Fsp3) is 0.357. The smallest absolute Gasteiger partial charge is 0.272 e. The number of nitrogens with zero attached hydrogens (tertiary/aromatic N) is 4. The number of rotatable bonds is 5. The topological polar surface area (TPSA) is 112 Å². The van der Waals surface area contributed by atoms with Crippen LogP contribution < -0.4 is 15.3 Å². The molecule has 2 unspecified atom stereocenters. The molecule has 3 aliphatic rings. The van der Waals surface area contributed by atoms with Gasteiger partial charge in [-0.3, -0.25) is 24.3 Å². The van der Waals surface area contributed by atoms with Gasteiger partial charge in [-0.05, 0) is 56.2 Å². The third-order valence-electron chi connectivity index (χ3n) is 7.10. The van der Waals surface area contributed by atoms with Crippen molar-refractivity contribution in [3.63, 3.8) is 0 Å². The molecule has 0 spiro atoms. The first-order chi connectivity index (χ1) is 18.2. The van der Waals surface area contributed by atoms with E-state index in [1.807, 2.05) is 26.0 Å². The van der Waals surface area contributed by atoms with Crippen molar-refractivity contribution in [3.8, 4) is 0 Å². The Morgan fingerprint density at radius 1 is 1.03 bits per heavy atom. The van der Waals surface area contributed by atoms with Gasteiger partial charge in [-0.1, -0.05) is 36.4 Å². The first kappa shape index (κ1) is 25.8. The molecule has 1 N–H and O–H groups in total. The Morgan fingerprint density at radius 2 is 1.87 bits per heavy atom. The third kappa shape index (κ3) is 5.26. The van der Waals surface area contributed by atoms with Crippen LogP contribution in [0.25, 0.3) is 6.08 Å². The number of hydrogen-bond acceptors (Lipinski definition) is 6. The molecule has 1 aromatic heterocycles. The van der Waals surface area contributed by atoms with Crippen LogP contribution in [0.4, 0.5) is 0 Å². The molecule has 9 nitrogen and oxygen atoms in total. The van der Waals surface area contributed by atoms with Gasteiger partial charge in [0.2, 0.25) is 5.91 Å². The second-order valence-corrected chi connectivity index (χ2v) is 11.6. The fourth-order valence-corrected chi connectivity index (χ4v) is 6.31. The molecule has 3 atom stereocenters. The van der Waals surface area contributed by atoms with Gasteiger partial charge in [0.1, 0.15) is 10.6 Å². The summed E-state index contributed by atoms with van der Waals surface area (Å²) in [7, 11) is -3.85. The molecule has 198 valence electrons. The van der Waals surface area contributed by atoms with E-state index in [4.69, 9.17) is 0 Å². The van der Waals surface area contributed by atoms with E-state index in [1.165, 1.54) is 0 Å². The van der Waals surface area contributed by atoms with E-state index in [9.17, 15) is 18.0 Å². The molecule has 2 aromatic rings. The van der Waals surface area contributed by atoms with Crippen LogP contribution in [0.5, 0.6) is 0 Å². The number of para-hydroxylation sites is 1. The molecule has 0 bridgehead atoms. The van der Waals surface area contributed by atoms with Gasteiger partial charge in [0.05, 0.1) is 17.3 Å². The lowest BCUT2D eigenvalue weighted by atomic mass is 9.96. The molecule has 3 heterocycles. The summed E-state index contributed by atoms with van der Waals surface area (Å²) in [6.07, 6.45) is 9.91. The van der Waals surface area contributed by atoms with Crippen LogP contribution in [0, 0.1) is 5.92 Å². The van der Waals surface area contributed by atoms with E-state index in [-0.39, 0.29) is 28.8 Å². The van der Waals surface area contributed by atoms with Crippen molar-refractivity contribution in [2.45, 2.75) is 43.7 Å². The van der Waals surface area contributed by atoms with Gasteiger partial charge >= 0.3 is 0 Å². The maximum atomic E-state index is 13.3. The Balaban J connectivity index is 1.22. The van der Waals surface area contributed by atoms with Crippen molar-refractivity contribution in [1.29, 1.82) is 0 Å². The summed E-state index contributed by atoms with van der Waals surface area (Å²) in [5.41, 5.74) is 0.824. The van der Waals surface area contributed by atoms with Gasteiger partial charge in [0.15, 0.2) is 0 Å². The molecule has 0 radical (unpaired) electrons. The number of amides is 2. The highest BCUT2D eigenvalue weighted by Gasteiger charge is 2.33. The van der Waals surface area contributed by atoms with Crippen molar-refractivity contribution in [2.24, 2.45) is 10.9 Å². The van der Waals surface area contributed by atoms with E-state index < -0.39 is 15.9 Å². The van der Waals surface area contributed by atoms with Crippen LogP contribution in [-0.4, -0.2) is 66.7 Å². The number of hydrogen-bond donors (Lipinski definition) is 1. The van der Waals surface area contributed by atoms with Gasteiger partial charge in [0, 0.05) is 37.6 Å². The average Bonchev–Trinajstić information content (AvgIpc) is 2.92. The zero-order chi connectivity index (χ0) is 26.9. The molecule has 0 saturated carbocycles. The van der Waals surface area contributed by atoms with E-state index in [0.717, 1.165) is 11.6 Å². The molecule has 10 heteroatoms. The minimum absolute atomic E-state index is 0.0248. The standard InChI is InChI=1S/C28H31N5O4S/c1-19-9-10-21-6-5-8-25(26(21)30-19)38(36,37)31-23-13-11-22(12-14-23)27(34)33-17-16-32(18-20(33)2)28(35)24-7-3-4-15-29-24/h3-8,10-11,13-15,19-20,22,31H,9,12,16-18H2,1-2H3/t19?,20-,22?/m1/s1. The Kier molecular flexibility index (Phi) is 7.16. The quantitative estimate of drug-likeness (QED) is 0.624. The van der Waals surface area contributed by atoms with E-state index >= 15 is 0 Å². The predicted molar refractivity (Wildman–Crippen MR) is 143 cm³/mol. The van der Waals surface area contributed by atoms with Crippen LogP contribution in [0.1, 0.15) is 37.2 Å². The monoisotopic (exact) mass is 533 g/mol. The number of allylic oxidation sites excluding steroid dienone is 2. The van der Waals surface area contributed by atoms with Crippen LogP contribution in [-0.2, 0) is 14.8 Å². The van der Waals surface area contributed by atoms with Gasteiger partial charge in [0.25, 0.3) is 15.9 Å². The molecular formula is C28H31N5O4S. The number of pyridine rings is 1. The second kappa shape index (κ2) is 10.5. The summed E-state index contributed by atoms with van der Waals surface area (Å²) in [6, 6.07) is 10.3. The Hall–Kier alpha value is -3.79. The van der Waals surface area contributed by atoms with Crippen molar-refractivity contribution in [1.82, 2.24) is 19.5 Å². The van der Waals surface area contributed by atoms with Crippen molar-refractivity contribution in [3.05, 3.63) is 82.8 Å². The number of benzene rings is 1. The van der Waals surface area contributed by atoms with Crippen molar-refractivity contribution < 1.29 is 18.0 Å². The van der Waals surface area contributed by atoms with E-state index in [0.29, 0.717) is 42.8 Å². The molecule has 2 aliphatic heterocycles. The summed E-state index contributed by atoms with van der Waals surface area (Å²) < 4.78 is 29.1. The Morgan fingerprint density at radius 3 is 2.58 bits per heavy atom. The number of carbonyl (C=O) groups excluding carboxylic acids is 2. The number of sulfonamides is 1. The number of fused-ring (bicyclic) bond motifs is 1. The van der Waals surface area contributed by atoms with Gasteiger partial charge in [-0.25, -0.2) is 8.42 Å². The summed E-state index contributed by atoms with van der Waals surface area (Å²) in [4.78, 5) is 38.4. The molecule has 1 saturated heterocycles. The SMILES string of the molecule is CC1CC=c2cccc(S(=O)(=O)NC3=CCC(C(=O)N4CCN(C(=O)c5ccccn5)C[C@H]4C)C=C3)c2=N1. The maximum Gasteiger partial charge on any atom is 0.272 e.